The molecule has 0 unspecified atom stereocenters. The Morgan fingerprint density at radius 1 is 1.23 bits per heavy atom. The SMILES string of the molecule is CCN(CC)C(=O)/C=C/c1ccc(N2CCCS2(=O)=O)cc1. The molecule has 1 aromatic carbocycles. The van der Waals surface area contributed by atoms with Gasteiger partial charge in [0.15, 0.2) is 0 Å². The van der Waals surface area contributed by atoms with E-state index in [1.807, 2.05) is 26.0 Å². The molecule has 1 heterocycles. The Kier molecular flexibility index (Phi) is 5.24. The third kappa shape index (κ3) is 3.68. The third-order valence-electron chi connectivity index (χ3n) is 3.77. The fraction of sp³-hybridized carbons (Fsp3) is 0.438. The smallest absolute Gasteiger partial charge is 0.246 e. The average molecular weight is 322 g/mol. The molecule has 0 bridgehead atoms. The number of benzene rings is 1. The number of amides is 1. The lowest BCUT2D eigenvalue weighted by atomic mass is 10.2. The minimum atomic E-state index is -3.14. The summed E-state index contributed by atoms with van der Waals surface area (Å²) in [5, 5.41) is 0. The van der Waals surface area contributed by atoms with Crippen LogP contribution in [-0.4, -0.2) is 44.6 Å². The van der Waals surface area contributed by atoms with Crippen molar-refractivity contribution in [3.63, 3.8) is 0 Å². The van der Waals surface area contributed by atoms with Crippen LogP contribution in [-0.2, 0) is 14.8 Å². The van der Waals surface area contributed by atoms with Crippen molar-refractivity contribution in [1.82, 2.24) is 4.90 Å². The summed E-state index contributed by atoms with van der Waals surface area (Å²) in [5.41, 5.74) is 1.56. The van der Waals surface area contributed by atoms with E-state index in [9.17, 15) is 13.2 Å². The zero-order valence-corrected chi connectivity index (χ0v) is 13.8. The molecule has 0 aromatic heterocycles. The minimum absolute atomic E-state index is 0.0174. The van der Waals surface area contributed by atoms with Gasteiger partial charge in [0.05, 0.1) is 11.4 Å². The standard InChI is InChI=1S/C16H22N2O3S/c1-3-17(4-2)16(19)11-8-14-6-9-15(10-7-14)18-12-5-13-22(18,20)21/h6-11H,3-5,12-13H2,1-2H3/b11-8+. The van der Waals surface area contributed by atoms with Crippen molar-refractivity contribution in [1.29, 1.82) is 0 Å². The molecule has 120 valence electrons. The monoisotopic (exact) mass is 322 g/mol. The highest BCUT2D eigenvalue weighted by Gasteiger charge is 2.28. The molecule has 0 atom stereocenters. The summed E-state index contributed by atoms with van der Waals surface area (Å²) in [4.78, 5) is 13.6. The molecule has 1 amide bonds. The van der Waals surface area contributed by atoms with Crippen LogP contribution in [0, 0.1) is 0 Å². The summed E-state index contributed by atoms with van der Waals surface area (Å²) in [6.45, 7) is 5.80. The largest absolute Gasteiger partial charge is 0.340 e. The second-order valence-corrected chi connectivity index (χ2v) is 7.19. The van der Waals surface area contributed by atoms with Gasteiger partial charge in [0.2, 0.25) is 15.9 Å². The van der Waals surface area contributed by atoms with Crippen molar-refractivity contribution in [2.45, 2.75) is 20.3 Å². The fourth-order valence-corrected chi connectivity index (χ4v) is 4.05. The minimum Gasteiger partial charge on any atom is -0.340 e. The first-order valence-corrected chi connectivity index (χ1v) is 9.16. The number of sulfonamides is 1. The third-order valence-corrected chi connectivity index (χ3v) is 5.64. The molecule has 0 N–H and O–H groups in total. The first kappa shape index (κ1) is 16.5. The summed E-state index contributed by atoms with van der Waals surface area (Å²) < 4.78 is 25.2. The van der Waals surface area contributed by atoms with Crippen LogP contribution in [0.3, 0.4) is 0 Å². The number of nitrogens with zero attached hydrogens (tertiary/aromatic N) is 2. The normalized spacial score (nSPS) is 17.1. The van der Waals surface area contributed by atoms with Gasteiger partial charge in [-0.1, -0.05) is 12.1 Å². The molecular formula is C16H22N2O3S. The Labute approximate surface area is 132 Å². The number of carbonyl (C=O) groups excluding carboxylic acids is 1. The van der Waals surface area contributed by atoms with Gasteiger partial charge in [0, 0.05) is 25.7 Å². The molecule has 1 saturated heterocycles. The van der Waals surface area contributed by atoms with Crippen molar-refractivity contribution >= 4 is 27.7 Å². The molecular weight excluding hydrogens is 300 g/mol. The van der Waals surface area contributed by atoms with E-state index in [1.54, 1.807) is 29.2 Å². The molecule has 0 radical (unpaired) electrons. The number of hydrogen-bond donors (Lipinski definition) is 0. The van der Waals surface area contributed by atoms with Gasteiger partial charge in [0.25, 0.3) is 0 Å². The lowest BCUT2D eigenvalue weighted by Gasteiger charge is -2.17. The molecule has 6 heteroatoms. The van der Waals surface area contributed by atoms with Crippen LogP contribution in [0.25, 0.3) is 6.08 Å². The predicted molar refractivity (Wildman–Crippen MR) is 89.2 cm³/mol. The second-order valence-electron chi connectivity index (χ2n) is 5.18. The van der Waals surface area contributed by atoms with Crippen LogP contribution in [0.15, 0.2) is 30.3 Å². The average Bonchev–Trinajstić information content (AvgIpc) is 2.86. The predicted octanol–water partition coefficient (Wildman–Crippen LogP) is 2.11. The van der Waals surface area contributed by atoms with Crippen molar-refractivity contribution in [3.05, 3.63) is 35.9 Å². The lowest BCUT2D eigenvalue weighted by Crippen LogP contribution is -2.28. The highest BCUT2D eigenvalue weighted by atomic mass is 32.2. The van der Waals surface area contributed by atoms with Gasteiger partial charge in [-0.25, -0.2) is 8.42 Å². The van der Waals surface area contributed by atoms with E-state index >= 15 is 0 Å². The van der Waals surface area contributed by atoms with Crippen LogP contribution >= 0.6 is 0 Å². The Hall–Kier alpha value is -1.82. The van der Waals surface area contributed by atoms with Gasteiger partial charge in [-0.3, -0.25) is 9.10 Å². The number of anilines is 1. The highest BCUT2D eigenvalue weighted by molar-refractivity contribution is 7.93. The van der Waals surface area contributed by atoms with E-state index in [2.05, 4.69) is 0 Å². The van der Waals surface area contributed by atoms with E-state index in [0.29, 0.717) is 31.7 Å². The van der Waals surface area contributed by atoms with E-state index < -0.39 is 10.0 Å². The molecule has 1 aromatic rings. The van der Waals surface area contributed by atoms with Gasteiger partial charge in [-0.05, 0) is 44.0 Å². The molecule has 2 rings (SSSR count). The molecule has 1 aliphatic rings. The fourth-order valence-electron chi connectivity index (χ4n) is 2.49. The number of carbonyl (C=O) groups is 1. The maximum absolute atomic E-state index is 11.9. The van der Waals surface area contributed by atoms with Crippen molar-refractivity contribution in [3.8, 4) is 0 Å². The number of rotatable bonds is 5. The molecule has 5 nitrogen and oxygen atoms in total. The number of likely N-dealkylation sites (N-methyl/N-ethyl adjacent to an activating group) is 1. The molecule has 1 aliphatic heterocycles. The van der Waals surface area contributed by atoms with E-state index in [1.165, 1.54) is 4.31 Å². The summed E-state index contributed by atoms with van der Waals surface area (Å²) in [7, 11) is -3.14. The van der Waals surface area contributed by atoms with Gasteiger partial charge >= 0.3 is 0 Å². The molecule has 1 fully saturated rings. The molecule has 0 saturated carbocycles. The summed E-state index contributed by atoms with van der Waals surface area (Å²) in [6, 6.07) is 7.22. The summed E-state index contributed by atoms with van der Waals surface area (Å²) in [6.07, 6.45) is 3.97. The first-order chi connectivity index (χ1) is 10.5. The highest BCUT2D eigenvalue weighted by Crippen LogP contribution is 2.24. The van der Waals surface area contributed by atoms with Gasteiger partial charge in [0.1, 0.15) is 0 Å². The Morgan fingerprint density at radius 2 is 1.86 bits per heavy atom. The van der Waals surface area contributed by atoms with E-state index in [0.717, 1.165) is 5.56 Å². The maximum Gasteiger partial charge on any atom is 0.246 e. The van der Waals surface area contributed by atoms with Gasteiger partial charge < -0.3 is 4.90 Å². The van der Waals surface area contributed by atoms with Crippen LogP contribution in [0.4, 0.5) is 5.69 Å². The number of hydrogen-bond acceptors (Lipinski definition) is 3. The topological polar surface area (TPSA) is 57.7 Å². The second kappa shape index (κ2) is 6.96. The van der Waals surface area contributed by atoms with Crippen molar-refractivity contribution in [2.24, 2.45) is 0 Å². The lowest BCUT2D eigenvalue weighted by molar-refractivity contribution is -0.125. The van der Waals surface area contributed by atoms with Crippen molar-refractivity contribution in [2.75, 3.05) is 29.7 Å². The van der Waals surface area contributed by atoms with E-state index in [4.69, 9.17) is 0 Å². The molecule has 0 aliphatic carbocycles. The quantitative estimate of drug-likeness (QED) is 0.780. The van der Waals surface area contributed by atoms with Gasteiger partial charge in [-0.2, -0.15) is 0 Å². The Morgan fingerprint density at radius 3 is 2.36 bits per heavy atom. The Balaban J connectivity index is 2.08. The van der Waals surface area contributed by atoms with Gasteiger partial charge in [-0.15, -0.1) is 0 Å². The zero-order chi connectivity index (χ0) is 16.2. The summed E-state index contributed by atoms with van der Waals surface area (Å²) in [5.74, 6) is 0.198. The molecule has 22 heavy (non-hydrogen) atoms. The molecule has 0 spiro atoms. The van der Waals surface area contributed by atoms with Crippen LogP contribution < -0.4 is 4.31 Å². The Bertz CT molecular complexity index is 646. The van der Waals surface area contributed by atoms with Crippen LogP contribution in [0.2, 0.25) is 0 Å². The zero-order valence-electron chi connectivity index (χ0n) is 13.0. The maximum atomic E-state index is 11.9. The van der Waals surface area contributed by atoms with Crippen LogP contribution in [0.5, 0.6) is 0 Å². The summed E-state index contributed by atoms with van der Waals surface area (Å²) >= 11 is 0. The van der Waals surface area contributed by atoms with Crippen LogP contribution in [0.1, 0.15) is 25.8 Å². The van der Waals surface area contributed by atoms with E-state index in [-0.39, 0.29) is 11.7 Å². The first-order valence-electron chi connectivity index (χ1n) is 7.55. The van der Waals surface area contributed by atoms with Crippen molar-refractivity contribution < 1.29 is 13.2 Å².